The van der Waals surface area contributed by atoms with Crippen molar-refractivity contribution >= 4 is 23.4 Å². The first-order valence-electron chi connectivity index (χ1n) is 14.5. The third-order valence-electron chi connectivity index (χ3n) is 8.19. The van der Waals surface area contributed by atoms with Crippen LogP contribution in [0.5, 0.6) is 17.2 Å². The number of anilines is 1. The highest BCUT2D eigenvalue weighted by molar-refractivity contribution is 5.97. The summed E-state index contributed by atoms with van der Waals surface area (Å²) in [5.74, 6) is -2.32. The second kappa shape index (κ2) is 13.3. The van der Waals surface area contributed by atoms with Gasteiger partial charge in [-0.25, -0.2) is 4.39 Å². The molecular formula is C33H35F2N3O6. The number of rotatable bonds is 8. The minimum atomic E-state index is -1.15. The molecule has 11 heteroatoms. The molecule has 0 spiro atoms. The predicted octanol–water partition coefficient (Wildman–Crippen LogP) is 4.60. The molecule has 0 N–H and O–H groups in total. The molecule has 2 heterocycles. The Morgan fingerprint density at radius 2 is 1.43 bits per heavy atom. The van der Waals surface area contributed by atoms with Crippen molar-refractivity contribution in [1.82, 2.24) is 9.80 Å². The second-order valence-electron chi connectivity index (χ2n) is 10.8. The maximum absolute atomic E-state index is 14.1. The maximum atomic E-state index is 14.1. The molecule has 3 aromatic carbocycles. The lowest BCUT2D eigenvalue weighted by atomic mass is 9.82. The fraction of sp³-hybridized carbons (Fsp3) is 0.364. The van der Waals surface area contributed by atoms with Gasteiger partial charge < -0.3 is 28.9 Å². The first kappa shape index (κ1) is 30.8. The van der Waals surface area contributed by atoms with Crippen LogP contribution in [0, 0.1) is 17.6 Å². The summed E-state index contributed by atoms with van der Waals surface area (Å²) in [4.78, 5) is 45.5. The lowest BCUT2D eigenvalue weighted by molar-refractivity contribution is -0.146. The number of carbonyl (C=O) groups excluding carboxylic acids is 3. The Morgan fingerprint density at radius 1 is 0.841 bits per heavy atom. The minimum Gasteiger partial charge on any atom is -0.497 e. The van der Waals surface area contributed by atoms with Crippen molar-refractivity contribution in [3.05, 3.63) is 83.9 Å². The van der Waals surface area contributed by atoms with Crippen molar-refractivity contribution < 1.29 is 37.4 Å². The van der Waals surface area contributed by atoms with Crippen molar-refractivity contribution in [3.63, 3.8) is 0 Å². The monoisotopic (exact) mass is 607 g/mol. The van der Waals surface area contributed by atoms with Crippen LogP contribution < -0.4 is 19.1 Å². The van der Waals surface area contributed by atoms with E-state index in [4.69, 9.17) is 14.2 Å². The summed E-state index contributed by atoms with van der Waals surface area (Å²) in [5.41, 5.74) is 1.46. The highest BCUT2D eigenvalue weighted by Crippen LogP contribution is 2.41. The summed E-state index contributed by atoms with van der Waals surface area (Å²) >= 11 is 0. The molecule has 0 saturated carbocycles. The Labute approximate surface area is 254 Å². The molecule has 0 aliphatic carbocycles. The highest BCUT2D eigenvalue weighted by Gasteiger charge is 2.43. The van der Waals surface area contributed by atoms with Gasteiger partial charge in [-0.15, -0.1) is 0 Å². The molecule has 3 amide bonds. The molecule has 0 radical (unpaired) electrons. The Hall–Kier alpha value is -4.67. The average molecular weight is 608 g/mol. The maximum Gasteiger partial charge on any atom is 0.263 e. The highest BCUT2D eigenvalue weighted by atomic mass is 19.2. The molecule has 3 aromatic rings. The van der Waals surface area contributed by atoms with Gasteiger partial charge in [0.2, 0.25) is 17.6 Å². The second-order valence-corrected chi connectivity index (χ2v) is 10.8. The van der Waals surface area contributed by atoms with E-state index in [1.807, 2.05) is 36.4 Å². The van der Waals surface area contributed by atoms with Crippen LogP contribution in [-0.4, -0.2) is 74.0 Å². The van der Waals surface area contributed by atoms with Gasteiger partial charge in [0.15, 0.2) is 17.7 Å². The number of ether oxygens (including phenoxy) is 3. The molecule has 232 valence electrons. The molecule has 0 aromatic heterocycles. The molecule has 44 heavy (non-hydrogen) atoms. The lowest BCUT2D eigenvalue weighted by Crippen LogP contribution is -2.56. The van der Waals surface area contributed by atoms with E-state index in [0.29, 0.717) is 23.6 Å². The topological polar surface area (TPSA) is 88.6 Å². The number of piperidine rings is 1. The van der Waals surface area contributed by atoms with Crippen molar-refractivity contribution in [1.29, 1.82) is 0 Å². The van der Waals surface area contributed by atoms with Crippen LogP contribution in [0.3, 0.4) is 0 Å². The van der Waals surface area contributed by atoms with Crippen LogP contribution in [0.15, 0.2) is 66.7 Å². The largest absolute Gasteiger partial charge is 0.497 e. The molecule has 2 fully saturated rings. The van der Waals surface area contributed by atoms with E-state index in [1.165, 1.54) is 19.1 Å². The molecule has 2 aliphatic rings. The summed E-state index contributed by atoms with van der Waals surface area (Å²) < 4.78 is 43.7. The number of carbonyl (C=O) groups is 3. The molecule has 3 atom stereocenters. The zero-order valence-electron chi connectivity index (χ0n) is 24.9. The number of hydrogen-bond donors (Lipinski definition) is 0. The fourth-order valence-electron chi connectivity index (χ4n) is 5.84. The summed E-state index contributed by atoms with van der Waals surface area (Å²) in [6.45, 7) is 2.56. The van der Waals surface area contributed by atoms with E-state index in [-0.39, 0.29) is 56.1 Å². The number of nitrogens with zero attached hydrogens (tertiary/aromatic N) is 3. The van der Waals surface area contributed by atoms with Gasteiger partial charge in [-0.2, -0.15) is 4.39 Å². The first-order chi connectivity index (χ1) is 21.2. The van der Waals surface area contributed by atoms with Crippen LogP contribution >= 0.6 is 0 Å². The molecule has 9 nitrogen and oxygen atoms in total. The van der Waals surface area contributed by atoms with Gasteiger partial charge in [0.1, 0.15) is 11.5 Å². The van der Waals surface area contributed by atoms with Crippen molar-refractivity contribution in [3.8, 4) is 17.2 Å². The Balaban J connectivity index is 1.32. The molecule has 2 saturated heterocycles. The van der Waals surface area contributed by atoms with Gasteiger partial charge in [-0.05, 0) is 67.4 Å². The number of amides is 3. The van der Waals surface area contributed by atoms with Gasteiger partial charge in [0.25, 0.3) is 5.91 Å². The summed E-state index contributed by atoms with van der Waals surface area (Å²) in [6, 6.07) is 17.5. The fourth-order valence-corrected chi connectivity index (χ4v) is 5.84. The normalized spacial score (nSPS) is 19.4. The van der Waals surface area contributed by atoms with Crippen molar-refractivity contribution in [2.45, 2.75) is 31.9 Å². The van der Waals surface area contributed by atoms with Gasteiger partial charge in [0.05, 0.1) is 26.2 Å². The molecule has 2 aliphatic heterocycles. The van der Waals surface area contributed by atoms with Gasteiger partial charge in [-0.3, -0.25) is 14.4 Å². The van der Waals surface area contributed by atoms with Gasteiger partial charge in [0, 0.05) is 38.3 Å². The van der Waals surface area contributed by atoms with E-state index in [2.05, 4.69) is 0 Å². The number of halogens is 2. The summed E-state index contributed by atoms with van der Waals surface area (Å²) in [5, 5.41) is 0. The third-order valence-corrected chi connectivity index (χ3v) is 8.19. The van der Waals surface area contributed by atoms with E-state index in [1.54, 1.807) is 41.1 Å². The van der Waals surface area contributed by atoms with Crippen LogP contribution in [0.1, 0.15) is 31.4 Å². The van der Waals surface area contributed by atoms with Crippen LogP contribution in [0.25, 0.3) is 0 Å². The quantitative estimate of drug-likeness (QED) is 0.372. The van der Waals surface area contributed by atoms with E-state index < -0.39 is 29.7 Å². The summed E-state index contributed by atoms with van der Waals surface area (Å²) in [7, 11) is 3.15. The average Bonchev–Trinajstić information content (AvgIpc) is 3.06. The Morgan fingerprint density at radius 3 is 2.05 bits per heavy atom. The first-order valence-corrected chi connectivity index (χ1v) is 14.5. The molecule has 5 rings (SSSR count). The molecule has 3 unspecified atom stereocenters. The Bertz CT molecular complexity index is 1490. The number of benzene rings is 3. The predicted molar refractivity (Wildman–Crippen MR) is 159 cm³/mol. The zero-order valence-corrected chi connectivity index (χ0v) is 24.9. The van der Waals surface area contributed by atoms with Gasteiger partial charge in [-0.1, -0.05) is 18.2 Å². The van der Waals surface area contributed by atoms with Crippen molar-refractivity contribution in [2.24, 2.45) is 5.92 Å². The lowest BCUT2D eigenvalue weighted by Gasteiger charge is -2.44. The molecular weight excluding hydrogens is 572 g/mol. The SMILES string of the molecule is COc1ccc(C2C(C(=O)N3CCN(C(=O)C(C)Oc4cccc(F)c4F)CC3)CCC(=O)N2c2ccc(OC)cc2)cc1. The standard InChI is InChI=1S/C33H35F2N3O6/c1-21(44-28-6-4-5-27(34)30(28)35)32(40)36-17-19-37(20-18-36)33(41)26-15-16-29(39)38(23-9-13-25(43-3)14-10-23)31(26)22-7-11-24(42-2)12-8-22/h4-14,21,26,31H,15-20H2,1-3H3. The zero-order chi connectivity index (χ0) is 31.4. The van der Waals surface area contributed by atoms with Crippen LogP contribution in [0.4, 0.5) is 14.5 Å². The van der Waals surface area contributed by atoms with Gasteiger partial charge >= 0.3 is 0 Å². The molecule has 0 bridgehead atoms. The minimum absolute atomic E-state index is 0.0841. The van der Waals surface area contributed by atoms with E-state index in [9.17, 15) is 23.2 Å². The third kappa shape index (κ3) is 6.31. The van der Waals surface area contributed by atoms with E-state index >= 15 is 0 Å². The summed E-state index contributed by atoms with van der Waals surface area (Å²) in [6.07, 6.45) is -0.459. The number of methoxy groups -OCH3 is 2. The van der Waals surface area contributed by atoms with Crippen LogP contribution in [0.2, 0.25) is 0 Å². The number of hydrogen-bond acceptors (Lipinski definition) is 6. The number of piperazine rings is 1. The van der Waals surface area contributed by atoms with Crippen LogP contribution in [-0.2, 0) is 14.4 Å². The Kier molecular flexibility index (Phi) is 9.32. The van der Waals surface area contributed by atoms with E-state index in [0.717, 1.165) is 11.6 Å². The smallest absolute Gasteiger partial charge is 0.263 e. The van der Waals surface area contributed by atoms with Crippen molar-refractivity contribution in [2.75, 3.05) is 45.3 Å².